The van der Waals surface area contributed by atoms with Crippen molar-refractivity contribution in [3.63, 3.8) is 0 Å². The minimum absolute atomic E-state index is 0.0620. The van der Waals surface area contributed by atoms with Crippen molar-refractivity contribution in [2.45, 2.75) is 44.8 Å². The van der Waals surface area contributed by atoms with Gasteiger partial charge in [-0.3, -0.25) is 4.79 Å². The van der Waals surface area contributed by atoms with Crippen LogP contribution in [0.3, 0.4) is 0 Å². The molecule has 1 aromatic carbocycles. The third kappa shape index (κ3) is 3.89. The predicted octanol–water partition coefficient (Wildman–Crippen LogP) is 2.87. The van der Waals surface area contributed by atoms with Crippen LogP contribution in [-0.4, -0.2) is 40.7 Å². The number of para-hydroxylation sites is 1. The van der Waals surface area contributed by atoms with Gasteiger partial charge in [0.25, 0.3) is 5.91 Å². The molecule has 1 N–H and O–H groups in total. The fourth-order valence-corrected chi connectivity index (χ4v) is 2.72. The van der Waals surface area contributed by atoms with Crippen LogP contribution in [0, 0.1) is 0 Å². The highest BCUT2D eigenvalue weighted by atomic mass is 35.5. The molecule has 1 aromatic rings. The first kappa shape index (κ1) is 16.1. The molecule has 0 aliphatic carbocycles. The first-order chi connectivity index (χ1) is 9.95. The van der Waals surface area contributed by atoms with Crippen LogP contribution in [-0.2, 0) is 4.79 Å². The first-order valence-corrected chi connectivity index (χ1v) is 7.75. The summed E-state index contributed by atoms with van der Waals surface area (Å²) in [5, 5.41) is 10.7. The Morgan fingerprint density at radius 1 is 1.43 bits per heavy atom. The Morgan fingerprint density at radius 2 is 2.05 bits per heavy atom. The van der Waals surface area contributed by atoms with E-state index in [1.165, 1.54) is 0 Å². The summed E-state index contributed by atoms with van der Waals surface area (Å²) in [7, 11) is 0. The normalized spacial score (nSPS) is 19.1. The summed E-state index contributed by atoms with van der Waals surface area (Å²) < 4.78 is 5.65. The van der Waals surface area contributed by atoms with E-state index >= 15 is 0 Å². The van der Waals surface area contributed by atoms with Crippen molar-refractivity contribution in [2.24, 2.45) is 0 Å². The van der Waals surface area contributed by atoms with Crippen LogP contribution in [0.25, 0.3) is 0 Å². The fourth-order valence-electron chi connectivity index (χ4n) is 2.54. The number of likely N-dealkylation sites (tertiary alicyclic amines) is 1. The van der Waals surface area contributed by atoms with Crippen LogP contribution < -0.4 is 4.74 Å². The van der Waals surface area contributed by atoms with Crippen molar-refractivity contribution < 1.29 is 14.6 Å². The van der Waals surface area contributed by atoms with Gasteiger partial charge in [-0.05, 0) is 38.3 Å². The average molecular weight is 312 g/mol. The van der Waals surface area contributed by atoms with E-state index < -0.39 is 11.7 Å². The van der Waals surface area contributed by atoms with E-state index in [0.29, 0.717) is 36.7 Å². The quantitative estimate of drug-likeness (QED) is 0.930. The maximum atomic E-state index is 12.4. The van der Waals surface area contributed by atoms with Crippen molar-refractivity contribution in [1.82, 2.24) is 4.90 Å². The molecule has 116 valence electrons. The van der Waals surface area contributed by atoms with Gasteiger partial charge in [0.2, 0.25) is 0 Å². The molecule has 1 aliphatic rings. The van der Waals surface area contributed by atoms with E-state index in [0.717, 1.165) is 6.42 Å². The Morgan fingerprint density at radius 3 is 2.62 bits per heavy atom. The van der Waals surface area contributed by atoms with Gasteiger partial charge in [-0.15, -0.1) is 0 Å². The molecule has 1 heterocycles. The third-order valence-electron chi connectivity index (χ3n) is 4.15. The maximum Gasteiger partial charge on any atom is 0.263 e. The second-order valence-electron chi connectivity index (χ2n) is 5.59. The molecule has 1 atom stereocenters. The van der Waals surface area contributed by atoms with Crippen molar-refractivity contribution >= 4 is 17.5 Å². The van der Waals surface area contributed by atoms with Crippen molar-refractivity contribution in [2.75, 3.05) is 13.1 Å². The zero-order valence-electron chi connectivity index (χ0n) is 12.5. The molecule has 4 nitrogen and oxygen atoms in total. The highest BCUT2D eigenvalue weighted by Crippen LogP contribution is 2.27. The molecule has 2 rings (SSSR count). The number of benzene rings is 1. The number of carbonyl (C=O) groups excluding carboxylic acids is 1. The SMILES string of the molecule is CCC1(O)CCN(C(=O)[C@@H](C)Oc2ccccc2Cl)CC1. The highest BCUT2D eigenvalue weighted by molar-refractivity contribution is 6.32. The number of piperidine rings is 1. The minimum Gasteiger partial charge on any atom is -0.479 e. The van der Waals surface area contributed by atoms with Gasteiger partial charge in [0.1, 0.15) is 5.75 Å². The number of hydrogen-bond donors (Lipinski definition) is 1. The molecule has 1 fully saturated rings. The molecule has 1 saturated heterocycles. The number of aliphatic hydroxyl groups is 1. The van der Waals surface area contributed by atoms with Crippen LogP contribution in [0.5, 0.6) is 5.75 Å². The molecule has 21 heavy (non-hydrogen) atoms. The predicted molar refractivity (Wildman–Crippen MR) is 82.6 cm³/mol. The van der Waals surface area contributed by atoms with Gasteiger partial charge in [-0.25, -0.2) is 0 Å². The van der Waals surface area contributed by atoms with E-state index in [1.54, 1.807) is 24.0 Å². The summed E-state index contributed by atoms with van der Waals surface area (Å²) in [6, 6.07) is 7.12. The summed E-state index contributed by atoms with van der Waals surface area (Å²) >= 11 is 6.03. The van der Waals surface area contributed by atoms with Crippen LogP contribution in [0.4, 0.5) is 0 Å². The molecular weight excluding hydrogens is 290 g/mol. The Balaban J connectivity index is 1.93. The molecule has 0 saturated carbocycles. The number of ether oxygens (including phenoxy) is 1. The van der Waals surface area contributed by atoms with Crippen LogP contribution in [0.15, 0.2) is 24.3 Å². The number of amides is 1. The zero-order chi connectivity index (χ0) is 15.5. The zero-order valence-corrected chi connectivity index (χ0v) is 13.3. The van der Waals surface area contributed by atoms with Gasteiger partial charge < -0.3 is 14.7 Å². The summed E-state index contributed by atoms with van der Waals surface area (Å²) in [5.74, 6) is 0.454. The van der Waals surface area contributed by atoms with Gasteiger partial charge in [0.15, 0.2) is 6.10 Å². The number of halogens is 1. The van der Waals surface area contributed by atoms with Crippen molar-refractivity contribution in [3.8, 4) is 5.75 Å². The minimum atomic E-state index is -0.621. The first-order valence-electron chi connectivity index (χ1n) is 7.37. The summed E-state index contributed by atoms with van der Waals surface area (Å²) in [6.45, 7) is 4.84. The molecule has 0 spiro atoms. The average Bonchev–Trinajstić information content (AvgIpc) is 2.49. The molecule has 1 aliphatic heterocycles. The molecule has 0 unspecified atom stereocenters. The van der Waals surface area contributed by atoms with Gasteiger partial charge in [0.05, 0.1) is 10.6 Å². The van der Waals surface area contributed by atoms with E-state index in [2.05, 4.69) is 0 Å². The monoisotopic (exact) mass is 311 g/mol. The van der Waals surface area contributed by atoms with Crippen molar-refractivity contribution in [1.29, 1.82) is 0 Å². The summed E-state index contributed by atoms with van der Waals surface area (Å²) in [6.07, 6.45) is 1.38. The molecule has 0 bridgehead atoms. The topological polar surface area (TPSA) is 49.8 Å². The van der Waals surface area contributed by atoms with Gasteiger partial charge in [-0.2, -0.15) is 0 Å². The summed E-state index contributed by atoms with van der Waals surface area (Å²) in [5.41, 5.74) is -0.621. The van der Waals surface area contributed by atoms with Gasteiger partial charge in [0, 0.05) is 13.1 Å². The Bertz CT molecular complexity index is 498. The number of hydrogen-bond acceptors (Lipinski definition) is 3. The van der Waals surface area contributed by atoms with Crippen molar-refractivity contribution in [3.05, 3.63) is 29.3 Å². The molecular formula is C16H22ClNO3. The highest BCUT2D eigenvalue weighted by Gasteiger charge is 2.34. The van der Waals surface area contributed by atoms with E-state index in [4.69, 9.17) is 16.3 Å². The Hall–Kier alpha value is -1.26. The number of nitrogens with zero attached hydrogens (tertiary/aromatic N) is 1. The second kappa shape index (κ2) is 6.67. The summed E-state index contributed by atoms with van der Waals surface area (Å²) in [4.78, 5) is 14.1. The second-order valence-corrected chi connectivity index (χ2v) is 6.00. The molecule has 5 heteroatoms. The lowest BCUT2D eigenvalue weighted by Gasteiger charge is -2.38. The van der Waals surface area contributed by atoms with Gasteiger partial charge in [-0.1, -0.05) is 30.7 Å². The number of carbonyl (C=O) groups is 1. The van der Waals surface area contributed by atoms with E-state index in [1.807, 2.05) is 19.1 Å². The molecule has 0 aromatic heterocycles. The smallest absolute Gasteiger partial charge is 0.263 e. The van der Waals surface area contributed by atoms with Crippen LogP contribution >= 0.6 is 11.6 Å². The molecule has 0 radical (unpaired) electrons. The largest absolute Gasteiger partial charge is 0.479 e. The lowest BCUT2D eigenvalue weighted by atomic mass is 9.89. The van der Waals surface area contributed by atoms with Gasteiger partial charge >= 0.3 is 0 Å². The number of rotatable bonds is 4. The Labute approximate surface area is 130 Å². The fraction of sp³-hybridized carbons (Fsp3) is 0.562. The molecule has 1 amide bonds. The lowest BCUT2D eigenvalue weighted by Crippen LogP contribution is -2.49. The van der Waals surface area contributed by atoms with E-state index in [9.17, 15) is 9.90 Å². The lowest BCUT2D eigenvalue weighted by molar-refractivity contribution is -0.142. The standard InChI is InChI=1S/C16H22ClNO3/c1-3-16(20)8-10-18(11-9-16)15(19)12(2)21-14-7-5-4-6-13(14)17/h4-7,12,20H,3,8-11H2,1-2H3/t12-/m1/s1. The van der Waals surface area contributed by atoms with Crippen LogP contribution in [0.2, 0.25) is 5.02 Å². The third-order valence-corrected chi connectivity index (χ3v) is 4.46. The van der Waals surface area contributed by atoms with Crippen LogP contribution in [0.1, 0.15) is 33.1 Å². The van der Waals surface area contributed by atoms with E-state index in [-0.39, 0.29) is 5.91 Å². The Kier molecular flexibility index (Phi) is 5.12. The maximum absolute atomic E-state index is 12.4.